The number of hydrogen-bond donors (Lipinski definition) is 3. The first-order valence-electron chi connectivity index (χ1n) is 8.92. The minimum Gasteiger partial charge on any atom is -0.497 e. The second-order valence-corrected chi connectivity index (χ2v) is 7.00. The number of ether oxygens (including phenoxy) is 1. The molecule has 0 bridgehead atoms. The lowest BCUT2D eigenvalue weighted by molar-refractivity contribution is -0.120. The topological polar surface area (TPSA) is 87.6 Å². The number of amides is 1. The summed E-state index contributed by atoms with van der Waals surface area (Å²) in [5, 5.41) is 10.2. The van der Waals surface area contributed by atoms with E-state index < -0.39 is 0 Å². The van der Waals surface area contributed by atoms with Gasteiger partial charge in [-0.3, -0.25) is 9.79 Å². The number of aliphatic imine (C=N–C) groups is 1. The Morgan fingerprint density at radius 2 is 2.00 bits per heavy atom. The highest BCUT2D eigenvalue weighted by molar-refractivity contribution is 7.11. The fraction of sp³-hybridized carbons (Fsp3) is 0.421. The number of carbonyl (C=O) groups is 1. The highest BCUT2D eigenvalue weighted by Crippen LogP contribution is 2.13. The molecule has 0 aliphatic rings. The van der Waals surface area contributed by atoms with E-state index in [9.17, 15) is 4.79 Å². The van der Waals surface area contributed by atoms with E-state index in [1.54, 1.807) is 25.5 Å². The third-order valence-electron chi connectivity index (χ3n) is 3.87. The van der Waals surface area contributed by atoms with Crippen LogP contribution in [0.3, 0.4) is 0 Å². The third-order valence-corrected chi connectivity index (χ3v) is 5.07. The Labute approximate surface area is 164 Å². The van der Waals surface area contributed by atoms with Crippen LogP contribution >= 0.6 is 11.3 Å². The van der Waals surface area contributed by atoms with Crippen LogP contribution in [0.4, 0.5) is 0 Å². The summed E-state index contributed by atoms with van der Waals surface area (Å²) in [6.07, 6.45) is 3.77. The molecule has 7 nitrogen and oxygen atoms in total. The fourth-order valence-corrected chi connectivity index (χ4v) is 3.17. The van der Waals surface area contributed by atoms with Gasteiger partial charge in [0, 0.05) is 37.6 Å². The zero-order chi connectivity index (χ0) is 19.5. The standard InChI is InChI=1S/C19H27N5O2S/c1-4-16-12-23-18(27-16)9-10-21-19(20-2)24-13-17(25)22-11-14-5-7-15(26-3)8-6-14/h5-8,12H,4,9-11,13H2,1-3H3,(H,22,25)(H2,20,21,24). The van der Waals surface area contributed by atoms with Gasteiger partial charge in [0.15, 0.2) is 5.96 Å². The van der Waals surface area contributed by atoms with Crippen LogP contribution in [0.15, 0.2) is 35.5 Å². The minimum absolute atomic E-state index is 0.0960. The Morgan fingerprint density at radius 1 is 1.22 bits per heavy atom. The molecular weight excluding hydrogens is 362 g/mol. The second-order valence-electron chi connectivity index (χ2n) is 5.80. The van der Waals surface area contributed by atoms with Gasteiger partial charge in [-0.05, 0) is 24.1 Å². The molecular formula is C19H27N5O2S. The van der Waals surface area contributed by atoms with Crippen molar-refractivity contribution in [3.8, 4) is 5.75 Å². The van der Waals surface area contributed by atoms with Gasteiger partial charge in [-0.15, -0.1) is 11.3 Å². The Kier molecular flexibility index (Phi) is 8.57. The highest BCUT2D eigenvalue weighted by Gasteiger charge is 2.05. The van der Waals surface area contributed by atoms with Crippen molar-refractivity contribution in [3.05, 3.63) is 45.9 Å². The van der Waals surface area contributed by atoms with Crippen LogP contribution in [-0.4, -0.2) is 44.1 Å². The first-order valence-corrected chi connectivity index (χ1v) is 9.74. The number of aromatic nitrogens is 1. The first-order chi connectivity index (χ1) is 13.1. The molecule has 3 N–H and O–H groups in total. The maximum atomic E-state index is 12.0. The van der Waals surface area contributed by atoms with Gasteiger partial charge in [0.1, 0.15) is 5.75 Å². The van der Waals surface area contributed by atoms with Gasteiger partial charge in [-0.2, -0.15) is 0 Å². The molecule has 146 valence electrons. The van der Waals surface area contributed by atoms with Crippen molar-refractivity contribution >= 4 is 23.2 Å². The monoisotopic (exact) mass is 389 g/mol. The molecule has 8 heteroatoms. The molecule has 0 aliphatic heterocycles. The van der Waals surface area contributed by atoms with Gasteiger partial charge in [0.05, 0.1) is 18.7 Å². The molecule has 1 heterocycles. The van der Waals surface area contributed by atoms with Gasteiger partial charge in [0.2, 0.25) is 5.91 Å². The predicted molar refractivity (Wildman–Crippen MR) is 109 cm³/mol. The maximum absolute atomic E-state index is 12.0. The molecule has 0 radical (unpaired) electrons. The lowest BCUT2D eigenvalue weighted by Crippen LogP contribution is -2.43. The number of methoxy groups -OCH3 is 1. The van der Waals surface area contributed by atoms with Crippen LogP contribution in [0.2, 0.25) is 0 Å². The van der Waals surface area contributed by atoms with E-state index in [0.717, 1.165) is 29.2 Å². The molecule has 0 atom stereocenters. The molecule has 0 saturated heterocycles. The minimum atomic E-state index is -0.0960. The molecule has 1 aromatic heterocycles. The third kappa shape index (κ3) is 7.26. The first kappa shape index (κ1) is 20.7. The van der Waals surface area contributed by atoms with Gasteiger partial charge in [0.25, 0.3) is 0 Å². The number of hydrogen-bond acceptors (Lipinski definition) is 5. The maximum Gasteiger partial charge on any atom is 0.239 e. The summed E-state index contributed by atoms with van der Waals surface area (Å²) in [5.41, 5.74) is 1.02. The number of thiazole rings is 1. The number of nitrogens with zero attached hydrogens (tertiary/aromatic N) is 2. The average molecular weight is 390 g/mol. The van der Waals surface area contributed by atoms with Crippen LogP contribution < -0.4 is 20.7 Å². The summed E-state index contributed by atoms with van der Waals surface area (Å²) >= 11 is 1.73. The van der Waals surface area contributed by atoms with Crippen molar-refractivity contribution in [2.75, 3.05) is 27.2 Å². The van der Waals surface area contributed by atoms with Gasteiger partial charge in [-0.25, -0.2) is 4.98 Å². The Balaban J connectivity index is 1.65. The lowest BCUT2D eigenvalue weighted by Gasteiger charge is -2.11. The van der Waals surface area contributed by atoms with Crippen molar-refractivity contribution in [1.29, 1.82) is 0 Å². The van der Waals surface area contributed by atoms with Gasteiger partial charge >= 0.3 is 0 Å². The quantitative estimate of drug-likeness (QED) is 0.449. The smallest absolute Gasteiger partial charge is 0.239 e. The molecule has 1 amide bonds. The Morgan fingerprint density at radius 3 is 2.63 bits per heavy atom. The molecule has 0 unspecified atom stereocenters. The number of guanidine groups is 1. The second kappa shape index (κ2) is 11.2. The van der Waals surface area contributed by atoms with Crippen LogP contribution in [0.25, 0.3) is 0 Å². The van der Waals surface area contributed by atoms with Crippen molar-refractivity contribution in [2.45, 2.75) is 26.3 Å². The Bertz CT molecular complexity index is 743. The van der Waals surface area contributed by atoms with E-state index >= 15 is 0 Å². The zero-order valence-electron chi connectivity index (χ0n) is 16.0. The van der Waals surface area contributed by atoms with Crippen molar-refractivity contribution in [2.24, 2.45) is 4.99 Å². The highest BCUT2D eigenvalue weighted by atomic mass is 32.1. The molecule has 0 saturated carbocycles. The summed E-state index contributed by atoms with van der Waals surface area (Å²) in [7, 11) is 3.31. The van der Waals surface area contributed by atoms with E-state index in [0.29, 0.717) is 19.0 Å². The number of aryl methyl sites for hydroxylation is 1. The molecule has 0 aliphatic carbocycles. The molecule has 2 rings (SSSR count). The summed E-state index contributed by atoms with van der Waals surface area (Å²) in [6, 6.07) is 7.60. The lowest BCUT2D eigenvalue weighted by atomic mass is 10.2. The van der Waals surface area contributed by atoms with E-state index in [2.05, 4.69) is 32.9 Å². The largest absolute Gasteiger partial charge is 0.497 e. The van der Waals surface area contributed by atoms with E-state index in [1.165, 1.54) is 4.88 Å². The summed E-state index contributed by atoms with van der Waals surface area (Å²) in [4.78, 5) is 21.8. The number of rotatable bonds is 9. The van der Waals surface area contributed by atoms with Crippen molar-refractivity contribution in [3.63, 3.8) is 0 Å². The number of nitrogens with one attached hydrogen (secondary N) is 3. The Hall–Kier alpha value is -2.61. The SMILES string of the molecule is CCc1cnc(CCNC(=NC)NCC(=O)NCc2ccc(OC)cc2)s1. The van der Waals surface area contributed by atoms with Crippen LogP contribution in [0.1, 0.15) is 22.4 Å². The van der Waals surface area contributed by atoms with Crippen LogP contribution in [-0.2, 0) is 24.2 Å². The average Bonchev–Trinajstić information content (AvgIpc) is 3.17. The fourth-order valence-electron chi connectivity index (χ4n) is 2.31. The molecule has 0 fully saturated rings. The molecule has 0 spiro atoms. The van der Waals surface area contributed by atoms with E-state index in [4.69, 9.17) is 4.74 Å². The van der Waals surface area contributed by atoms with Gasteiger partial charge in [-0.1, -0.05) is 19.1 Å². The zero-order valence-corrected chi connectivity index (χ0v) is 16.9. The molecule has 27 heavy (non-hydrogen) atoms. The number of carbonyl (C=O) groups excluding carboxylic acids is 1. The summed E-state index contributed by atoms with van der Waals surface area (Å²) < 4.78 is 5.12. The van der Waals surface area contributed by atoms with Crippen LogP contribution in [0.5, 0.6) is 5.75 Å². The normalized spacial score (nSPS) is 11.1. The van der Waals surface area contributed by atoms with Crippen LogP contribution in [0, 0.1) is 0 Å². The number of benzene rings is 1. The van der Waals surface area contributed by atoms with E-state index in [-0.39, 0.29) is 12.5 Å². The summed E-state index contributed by atoms with van der Waals surface area (Å²) in [6.45, 7) is 3.47. The van der Waals surface area contributed by atoms with Gasteiger partial charge < -0.3 is 20.7 Å². The van der Waals surface area contributed by atoms with E-state index in [1.807, 2.05) is 30.5 Å². The molecule has 1 aromatic carbocycles. The molecule has 2 aromatic rings. The summed E-state index contributed by atoms with van der Waals surface area (Å²) in [5.74, 6) is 1.30. The van der Waals surface area contributed by atoms with Crippen molar-refractivity contribution < 1.29 is 9.53 Å². The van der Waals surface area contributed by atoms with Crippen molar-refractivity contribution in [1.82, 2.24) is 20.9 Å². The predicted octanol–water partition coefficient (Wildman–Crippen LogP) is 1.74.